The van der Waals surface area contributed by atoms with E-state index in [2.05, 4.69) is 5.32 Å². The molecule has 0 unspecified atom stereocenters. The maximum absolute atomic E-state index is 12.8. The molecule has 0 spiro atoms. The van der Waals surface area contributed by atoms with E-state index in [1.165, 1.54) is 4.31 Å². The van der Waals surface area contributed by atoms with Crippen LogP contribution in [0, 0.1) is 5.92 Å². The van der Waals surface area contributed by atoms with Gasteiger partial charge in [0.25, 0.3) is 0 Å². The molecule has 1 amide bonds. The van der Waals surface area contributed by atoms with Crippen LogP contribution in [0.4, 0.5) is 0 Å². The van der Waals surface area contributed by atoms with Crippen LogP contribution in [0.2, 0.25) is 10.0 Å². The lowest BCUT2D eigenvalue weighted by Crippen LogP contribution is -2.43. The Balaban J connectivity index is 1.52. The minimum absolute atomic E-state index is 0.0260. The first-order chi connectivity index (χ1) is 16.1. The van der Waals surface area contributed by atoms with Gasteiger partial charge in [-0.05, 0) is 62.1 Å². The molecule has 186 valence electrons. The Morgan fingerprint density at radius 3 is 2.35 bits per heavy atom. The Morgan fingerprint density at radius 2 is 1.74 bits per heavy atom. The van der Waals surface area contributed by atoms with Crippen LogP contribution in [0.3, 0.4) is 0 Å². The summed E-state index contributed by atoms with van der Waals surface area (Å²) in [4.78, 5) is 12.7. The zero-order valence-electron chi connectivity index (χ0n) is 19.5. The molecule has 0 aliphatic carbocycles. The highest BCUT2D eigenvalue weighted by Gasteiger charge is 2.31. The molecule has 34 heavy (non-hydrogen) atoms. The number of hydrogen-bond donors (Lipinski definition) is 1. The molecule has 10 heteroatoms. The van der Waals surface area contributed by atoms with Crippen molar-refractivity contribution in [2.45, 2.75) is 45.1 Å². The van der Waals surface area contributed by atoms with Crippen LogP contribution in [-0.4, -0.2) is 44.9 Å². The number of methoxy groups -OCH3 is 1. The maximum atomic E-state index is 12.8. The van der Waals surface area contributed by atoms with E-state index >= 15 is 0 Å². The first kappa shape index (κ1) is 26.6. The molecule has 1 aliphatic heterocycles. The largest absolute Gasteiger partial charge is 0.493 e. The van der Waals surface area contributed by atoms with Crippen LogP contribution in [0.1, 0.15) is 37.8 Å². The monoisotopic (exact) mass is 528 g/mol. The fourth-order valence-electron chi connectivity index (χ4n) is 3.83. The summed E-state index contributed by atoms with van der Waals surface area (Å²) in [5, 5.41) is 3.66. The van der Waals surface area contributed by atoms with Crippen molar-refractivity contribution in [2.24, 2.45) is 5.92 Å². The van der Waals surface area contributed by atoms with Gasteiger partial charge in [-0.3, -0.25) is 4.79 Å². The molecule has 2 aromatic rings. The van der Waals surface area contributed by atoms with Gasteiger partial charge in [0.15, 0.2) is 11.5 Å². The molecule has 0 saturated carbocycles. The Hall–Kier alpha value is -2.00. The predicted molar refractivity (Wildman–Crippen MR) is 134 cm³/mol. The van der Waals surface area contributed by atoms with Crippen LogP contribution in [0.5, 0.6) is 11.5 Å². The SMILES string of the molecule is COc1cc(CNC(=O)C2CCN(S(=O)(=O)Cc3ccc(Cl)c(Cl)c3)CC2)ccc1OC(C)C. The lowest BCUT2D eigenvalue weighted by Gasteiger charge is -2.30. The fourth-order valence-corrected chi connectivity index (χ4v) is 5.71. The minimum atomic E-state index is -3.52. The van der Waals surface area contributed by atoms with Crippen molar-refractivity contribution in [3.8, 4) is 11.5 Å². The zero-order chi connectivity index (χ0) is 24.9. The van der Waals surface area contributed by atoms with Crippen molar-refractivity contribution < 1.29 is 22.7 Å². The topological polar surface area (TPSA) is 84.9 Å². The summed E-state index contributed by atoms with van der Waals surface area (Å²) in [6.45, 7) is 4.84. The van der Waals surface area contributed by atoms with Gasteiger partial charge in [0.1, 0.15) is 0 Å². The average Bonchev–Trinajstić information content (AvgIpc) is 2.80. The van der Waals surface area contributed by atoms with E-state index in [1.54, 1.807) is 25.3 Å². The second-order valence-electron chi connectivity index (χ2n) is 8.55. The van der Waals surface area contributed by atoms with E-state index in [4.69, 9.17) is 32.7 Å². The van der Waals surface area contributed by atoms with Crippen LogP contribution in [-0.2, 0) is 27.1 Å². The van der Waals surface area contributed by atoms with Gasteiger partial charge in [0.05, 0.1) is 29.0 Å². The van der Waals surface area contributed by atoms with Gasteiger partial charge in [-0.1, -0.05) is 35.3 Å². The normalized spacial score (nSPS) is 15.4. The molecular weight excluding hydrogens is 499 g/mol. The van der Waals surface area contributed by atoms with E-state index in [0.717, 1.165) is 5.56 Å². The zero-order valence-corrected chi connectivity index (χ0v) is 21.8. The number of piperidine rings is 1. The van der Waals surface area contributed by atoms with E-state index in [1.807, 2.05) is 32.0 Å². The molecule has 1 heterocycles. The number of halogens is 2. The van der Waals surface area contributed by atoms with Gasteiger partial charge in [-0.2, -0.15) is 0 Å². The second-order valence-corrected chi connectivity index (χ2v) is 11.3. The molecular formula is C24H30Cl2N2O5S. The van der Waals surface area contributed by atoms with Gasteiger partial charge in [-0.15, -0.1) is 0 Å². The van der Waals surface area contributed by atoms with Gasteiger partial charge >= 0.3 is 0 Å². The number of carbonyl (C=O) groups is 1. The molecule has 1 saturated heterocycles. The summed E-state index contributed by atoms with van der Waals surface area (Å²) in [5.41, 5.74) is 1.47. The number of ether oxygens (including phenoxy) is 2. The lowest BCUT2D eigenvalue weighted by molar-refractivity contribution is -0.126. The van der Waals surface area contributed by atoms with Crippen molar-refractivity contribution in [1.29, 1.82) is 0 Å². The average molecular weight is 529 g/mol. The third-order valence-corrected chi connectivity index (χ3v) is 8.20. The smallest absolute Gasteiger partial charge is 0.223 e. The number of amides is 1. The predicted octanol–water partition coefficient (Wildman–Crippen LogP) is 4.65. The molecule has 0 atom stereocenters. The summed E-state index contributed by atoms with van der Waals surface area (Å²) in [6.07, 6.45) is 0.964. The summed E-state index contributed by atoms with van der Waals surface area (Å²) in [5.74, 6) is 0.798. The number of carbonyl (C=O) groups excluding carboxylic acids is 1. The lowest BCUT2D eigenvalue weighted by atomic mass is 9.97. The van der Waals surface area contributed by atoms with Gasteiger partial charge < -0.3 is 14.8 Å². The molecule has 3 rings (SSSR count). The highest BCUT2D eigenvalue weighted by molar-refractivity contribution is 7.88. The Morgan fingerprint density at radius 1 is 1.06 bits per heavy atom. The number of nitrogens with zero attached hydrogens (tertiary/aromatic N) is 1. The number of benzene rings is 2. The summed E-state index contributed by atoms with van der Waals surface area (Å²) >= 11 is 11.9. The van der Waals surface area contributed by atoms with Crippen LogP contribution in [0.15, 0.2) is 36.4 Å². The molecule has 1 N–H and O–H groups in total. The molecule has 2 aromatic carbocycles. The third-order valence-electron chi connectivity index (χ3n) is 5.61. The Bertz CT molecular complexity index is 1120. The molecule has 1 aliphatic rings. The van der Waals surface area contributed by atoms with E-state index in [9.17, 15) is 13.2 Å². The van der Waals surface area contributed by atoms with Crippen molar-refractivity contribution in [3.63, 3.8) is 0 Å². The van der Waals surface area contributed by atoms with Crippen molar-refractivity contribution in [2.75, 3.05) is 20.2 Å². The second kappa shape index (κ2) is 11.6. The van der Waals surface area contributed by atoms with Gasteiger partial charge in [0.2, 0.25) is 15.9 Å². The highest BCUT2D eigenvalue weighted by Crippen LogP contribution is 2.29. The third kappa shape index (κ3) is 7.01. The maximum Gasteiger partial charge on any atom is 0.223 e. The van der Waals surface area contributed by atoms with Crippen molar-refractivity contribution >= 4 is 39.1 Å². The van der Waals surface area contributed by atoms with Crippen LogP contribution >= 0.6 is 23.2 Å². The standard InChI is InChI=1S/C24H30Cl2N2O5S/c1-16(2)33-22-7-5-17(13-23(22)32-3)14-27-24(29)19-8-10-28(11-9-19)34(30,31)15-18-4-6-20(25)21(26)12-18/h4-7,12-13,16,19H,8-11,14-15H2,1-3H3,(H,27,29). The molecule has 1 fully saturated rings. The molecule has 0 aromatic heterocycles. The van der Waals surface area contributed by atoms with E-state index in [-0.39, 0.29) is 23.7 Å². The first-order valence-corrected chi connectivity index (χ1v) is 13.5. The van der Waals surface area contributed by atoms with Crippen LogP contribution < -0.4 is 14.8 Å². The number of rotatable bonds is 9. The van der Waals surface area contributed by atoms with Gasteiger partial charge in [0, 0.05) is 25.6 Å². The van der Waals surface area contributed by atoms with Crippen molar-refractivity contribution in [3.05, 3.63) is 57.6 Å². The molecule has 0 bridgehead atoms. The summed E-state index contributed by atoms with van der Waals surface area (Å²) in [6, 6.07) is 10.4. The van der Waals surface area contributed by atoms with E-state index < -0.39 is 10.0 Å². The number of hydrogen-bond acceptors (Lipinski definition) is 5. The Labute approximate surface area is 211 Å². The summed E-state index contributed by atoms with van der Waals surface area (Å²) in [7, 11) is -1.94. The quantitative estimate of drug-likeness (QED) is 0.512. The Kier molecular flexibility index (Phi) is 9.09. The van der Waals surface area contributed by atoms with Crippen molar-refractivity contribution in [1.82, 2.24) is 9.62 Å². The molecule has 0 radical (unpaired) electrons. The van der Waals surface area contributed by atoms with Crippen LogP contribution in [0.25, 0.3) is 0 Å². The van der Waals surface area contributed by atoms with Gasteiger partial charge in [-0.25, -0.2) is 12.7 Å². The highest BCUT2D eigenvalue weighted by atomic mass is 35.5. The number of sulfonamides is 1. The fraction of sp³-hybridized carbons (Fsp3) is 0.458. The molecule has 7 nitrogen and oxygen atoms in total. The number of nitrogens with one attached hydrogen (secondary N) is 1. The first-order valence-electron chi connectivity index (χ1n) is 11.1. The minimum Gasteiger partial charge on any atom is -0.493 e. The van der Waals surface area contributed by atoms with E-state index in [0.29, 0.717) is 59.6 Å². The summed E-state index contributed by atoms with van der Waals surface area (Å²) < 4.78 is 38.2.